The second kappa shape index (κ2) is 7.57. The van der Waals surface area contributed by atoms with E-state index in [1.165, 1.54) is 12.1 Å². The Balaban J connectivity index is 2.27. The zero-order valence-corrected chi connectivity index (χ0v) is 13.9. The fourth-order valence-corrected chi connectivity index (χ4v) is 2.39. The van der Waals surface area contributed by atoms with E-state index in [2.05, 4.69) is 5.32 Å². The van der Waals surface area contributed by atoms with Crippen LogP contribution in [0.1, 0.15) is 12.5 Å². The molecule has 4 nitrogen and oxygen atoms in total. The summed E-state index contributed by atoms with van der Waals surface area (Å²) in [5.41, 5.74) is -1.06. The molecular weight excluding hydrogens is 357 g/mol. The highest BCUT2D eigenvalue weighted by Gasteiger charge is 2.35. The average Bonchev–Trinajstić information content (AvgIpc) is 2.54. The van der Waals surface area contributed by atoms with E-state index in [0.717, 1.165) is 24.0 Å². The smallest absolute Gasteiger partial charge is 0.323 e. The van der Waals surface area contributed by atoms with Gasteiger partial charge in [0.05, 0.1) is 22.0 Å². The van der Waals surface area contributed by atoms with Crippen LogP contribution in [0.4, 0.5) is 24.5 Å². The Bertz CT molecular complexity index is 793. The molecule has 0 bridgehead atoms. The van der Waals surface area contributed by atoms with Crippen LogP contribution < -0.4 is 10.2 Å². The third-order valence-electron chi connectivity index (χ3n) is 3.33. The number of alkyl halides is 3. The minimum absolute atomic E-state index is 0.279. The Morgan fingerprint density at radius 3 is 2.28 bits per heavy atom. The molecule has 2 rings (SSSR count). The molecule has 132 valence electrons. The number of rotatable bonds is 4. The Morgan fingerprint density at radius 1 is 1.08 bits per heavy atom. The van der Waals surface area contributed by atoms with E-state index in [1.807, 2.05) is 0 Å². The Kier molecular flexibility index (Phi) is 5.69. The fraction of sp³-hybridized carbons (Fsp3) is 0.176. The summed E-state index contributed by atoms with van der Waals surface area (Å²) in [7, 11) is 0. The molecule has 0 atom stereocenters. The summed E-state index contributed by atoms with van der Waals surface area (Å²) >= 11 is 5.93. The molecule has 0 aromatic heterocycles. The van der Waals surface area contributed by atoms with Gasteiger partial charge in [-0.1, -0.05) is 35.9 Å². The SMILES string of the molecule is CC(=O)N(CC(=O)Nc1ccccc1Cl)c1ccccc1C(F)(F)F. The fourth-order valence-electron chi connectivity index (χ4n) is 2.21. The predicted molar refractivity (Wildman–Crippen MR) is 89.6 cm³/mol. The van der Waals surface area contributed by atoms with Crippen LogP contribution in [-0.4, -0.2) is 18.4 Å². The van der Waals surface area contributed by atoms with Crippen LogP contribution >= 0.6 is 11.6 Å². The van der Waals surface area contributed by atoms with Gasteiger partial charge in [0.25, 0.3) is 0 Å². The van der Waals surface area contributed by atoms with E-state index in [4.69, 9.17) is 11.6 Å². The molecule has 0 spiro atoms. The standard InChI is InChI=1S/C17H14ClF3N2O2/c1-11(24)23(15-9-5-2-6-12(15)17(19,20)21)10-16(25)22-14-8-4-3-7-13(14)18/h2-9H,10H2,1H3,(H,22,25). The summed E-state index contributed by atoms with van der Waals surface area (Å²) in [6.45, 7) is 0.517. The summed E-state index contributed by atoms with van der Waals surface area (Å²) in [4.78, 5) is 24.8. The van der Waals surface area contributed by atoms with Crippen molar-refractivity contribution < 1.29 is 22.8 Å². The molecule has 8 heteroatoms. The predicted octanol–water partition coefficient (Wildman–Crippen LogP) is 4.35. The number of amides is 2. The van der Waals surface area contributed by atoms with Crippen molar-refractivity contribution >= 4 is 34.8 Å². The number of hydrogen-bond donors (Lipinski definition) is 1. The number of nitrogens with zero attached hydrogens (tertiary/aromatic N) is 1. The Labute approximate surface area is 147 Å². The molecule has 0 saturated carbocycles. The van der Waals surface area contributed by atoms with E-state index < -0.39 is 30.1 Å². The van der Waals surface area contributed by atoms with Crippen molar-refractivity contribution in [1.82, 2.24) is 0 Å². The maximum Gasteiger partial charge on any atom is 0.418 e. The summed E-state index contributed by atoms with van der Waals surface area (Å²) in [6.07, 6.45) is -4.65. The van der Waals surface area contributed by atoms with E-state index in [-0.39, 0.29) is 10.7 Å². The molecular formula is C17H14ClF3N2O2. The normalized spacial score (nSPS) is 11.1. The molecule has 2 aromatic carbocycles. The number of para-hydroxylation sites is 2. The van der Waals surface area contributed by atoms with Crippen molar-refractivity contribution in [3.63, 3.8) is 0 Å². The monoisotopic (exact) mass is 370 g/mol. The van der Waals surface area contributed by atoms with Crippen LogP contribution in [0.15, 0.2) is 48.5 Å². The lowest BCUT2D eigenvalue weighted by atomic mass is 10.1. The second-order valence-corrected chi connectivity index (χ2v) is 5.56. The minimum Gasteiger partial charge on any atom is -0.323 e. The molecule has 2 amide bonds. The van der Waals surface area contributed by atoms with Gasteiger partial charge in [-0.3, -0.25) is 9.59 Å². The van der Waals surface area contributed by atoms with Crippen molar-refractivity contribution in [2.75, 3.05) is 16.8 Å². The highest BCUT2D eigenvalue weighted by Crippen LogP contribution is 2.36. The third kappa shape index (κ3) is 4.73. The molecule has 0 aliphatic carbocycles. The number of carbonyl (C=O) groups excluding carboxylic acids is 2. The van der Waals surface area contributed by atoms with E-state index >= 15 is 0 Å². The maximum atomic E-state index is 13.2. The quantitative estimate of drug-likeness (QED) is 0.869. The van der Waals surface area contributed by atoms with Gasteiger partial charge in [0.15, 0.2) is 0 Å². The first-order valence-electron chi connectivity index (χ1n) is 7.19. The molecule has 1 N–H and O–H groups in total. The van der Waals surface area contributed by atoms with Crippen molar-refractivity contribution in [2.45, 2.75) is 13.1 Å². The van der Waals surface area contributed by atoms with Gasteiger partial charge in [-0.2, -0.15) is 13.2 Å². The Hall–Kier alpha value is -2.54. The molecule has 2 aromatic rings. The van der Waals surface area contributed by atoms with Gasteiger partial charge < -0.3 is 10.2 Å². The summed E-state index contributed by atoms with van der Waals surface area (Å²) in [6, 6.07) is 11.0. The highest BCUT2D eigenvalue weighted by molar-refractivity contribution is 6.33. The van der Waals surface area contributed by atoms with Crippen LogP contribution in [0.25, 0.3) is 0 Å². The molecule has 0 unspecified atom stereocenters. The zero-order valence-electron chi connectivity index (χ0n) is 13.1. The first kappa shape index (κ1) is 18.8. The van der Waals surface area contributed by atoms with Gasteiger partial charge in [0, 0.05) is 6.92 Å². The highest BCUT2D eigenvalue weighted by atomic mass is 35.5. The molecule has 0 heterocycles. The third-order valence-corrected chi connectivity index (χ3v) is 3.66. The number of benzene rings is 2. The maximum absolute atomic E-state index is 13.2. The first-order chi connectivity index (χ1) is 11.7. The molecule has 0 saturated heterocycles. The lowest BCUT2D eigenvalue weighted by Crippen LogP contribution is -2.37. The van der Waals surface area contributed by atoms with E-state index in [0.29, 0.717) is 5.69 Å². The number of nitrogens with one attached hydrogen (secondary N) is 1. The second-order valence-electron chi connectivity index (χ2n) is 5.15. The van der Waals surface area contributed by atoms with Gasteiger partial charge in [-0.05, 0) is 24.3 Å². The first-order valence-corrected chi connectivity index (χ1v) is 7.56. The minimum atomic E-state index is -4.65. The lowest BCUT2D eigenvalue weighted by molar-refractivity contribution is -0.137. The summed E-state index contributed by atoms with van der Waals surface area (Å²) in [5, 5.41) is 2.76. The van der Waals surface area contributed by atoms with Crippen molar-refractivity contribution in [3.8, 4) is 0 Å². The Morgan fingerprint density at radius 2 is 1.68 bits per heavy atom. The number of hydrogen-bond acceptors (Lipinski definition) is 2. The van der Waals surface area contributed by atoms with Gasteiger partial charge in [0.1, 0.15) is 6.54 Å². The van der Waals surface area contributed by atoms with Gasteiger partial charge >= 0.3 is 6.18 Å². The average molecular weight is 371 g/mol. The van der Waals surface area contributed by atoms with Crippen LogP contribution in [0, 0.1) is 0 Å². The topological polar surface area (TPSA) is 49.4 Å². The number of halogens is 4. The van der Waals surface area contributed by atoms with Crippen LogP contribution in [0.5, 0.6) is 0 Å². The molecule has 25 heavy (non-hydrogen) atoms. The molecule has 0 fully saturated rings. The van der Waals surface area contributed by atoms with E-state index in [1.54, 1.807) is 24.3 Å². The molecule has 0 aliphatic rings. The van der Waals surface area contributed by atoms with E-state index in [9.17, 15) is 22.8 Å². The van der Waals surface area contributed by atoms with Crippen molar-refractivity contribution in [3.05, 3.63) is 59.1 Å². The van der Waals surface area contributed by atoms with Crippen molar-refractivity contribution in [1.29, 1.82) is 0 Å². The molecule has 0 radical (unpaired) electrons. The van der Waals surface area contributed by atoms with Crippen LogP contribution in [0.2, 0.25) is 5.02 Å². The van der Waals surface area contributed by atoms with Gasteiger partial charge in [-0.15, -0.1) is 0 Å². The van der Waals surface area contributed by atoms with Crippen LogP contribution in [-0.2, 0) is 15.8 Å². The largest absolute Gasteiger partial charge is 0.418 e. The summed E-state index contributed by atoms with van der Waals surface area (Å²) in [5.74, 6) is -1.36. The van der Waals surface area contributed by atoms with Crippen molar-refractivity contribution in [2.24, 2.45) is 0 Å². The van der Waals surface area contributed by atoms with Gasteiger partial charge in [-0.25, -0.2) is 0 Å². The number of carbonyl (C=O) groups is 2. The number of anilines is 2. The molecule has 0 aliphatic heterocycles. The van der Waals surface area contributed by atoms with Gasteiger partial charge in [0.2, 0.25) is 11.8 Å². The summed E-state index contributed by atoms with van der Waals surface area (Å²) < 4.78 is 39.5. The zero-order chi connectivity index (χ0) is 18.6. The van der Waals surface area contributed by atoms with Crippen LogP contribution in [0.3, 0.4) is 0 Å². The lowest BCUT2D eigenvalue weighted by Gasteiger charge is -2.24.